The fraction of sp³-hybridized carbons (Fsp3) is 0.467. The number of hydrogen-bond donors (Lipinski definition) is 0. The van der Waals surface area contributed by atoms with Gasteiger partial charge in [-0.15, -0.1) is 11.8 Å². The topological polar surface area (TPSA) is 43.4 Å². The predicted molar refractivity (Wildman–Crippen MR) is 73.3 cm³/mol. The van der Waals surface area contributed by atoms with Crippen molar-refractivity contribution in [2.75, 3.05) is 5.75 Å². The van der Waals surface area contributed by atoms with Crippen LogP contribution >= 0.6 is 11.8 Å². The van der Waals surface area contributed by atoms with Crippen molar-refractivity contribution in [3.05, 3.63) is 29.8 Å². The molecule has 1 atom stereocenters. The number of carbonyl (C=O) groups excluding carboxylic acids is 2. The summed E-state index contributed by atoms with van der Waals surface area (Å²) in [6.45, 7) is 0. The standard InChI is InChI=1S/C15H16O3S/c16-14-11-7-3-4-8-13(11)19-9-12(14)15(17)18-10-5-1-2-6-10/h3-4,7-8,10,12H,1-2,5-6,9H2. The molecule has 0 bridgehead atoms. The maximum atomic E-state index is 12.3. The Morgan fingerprint density at radius 2 is 1.95 bits per heavy atom. The molecule has 0 radical (unpaired) electrons. The molecule has 1 aromatic carbocycles. The fourth-order valence-electron chi connectivity index (χ4n) is 2.66. The van der Waals surface area contributed by atoms with E-state index >= 15 is 0 Å². The third-order valence-electron chi connectivity index (χ3n) is 3.74. The van der Waals surface area contributed by atoms with Gasteiger partial charge in [-0.3, -0.25) is 9.59 Å². The van der Waals surface area contributed by atoms with E-state index in [1.54, 1.807) is 17.8 Å². The summed E-state index contributed by atoms with van der Waals surface area (Å²) in [7, 11) is 0. The minimum Gasteiger partial charge on any atom is -0.462 e. The summed E-state index contributed by atoms with van der Waals surface area (Å²) >= 11 is 1.57. The van der Waals surface area contributed by atoms with Crippen LogP contribution in [0.5, 0.6) is 0 Å². The lowest BCUT2D eigenvalue weighted by Gasteiger charge is -2.22. The first-order chi connectivity index (χ1) is 9.25. The smallest absolute Gasteiger partial charge is 0.318 e. The number of ether oxygens (including phenoxy) is 1. The third-order valence-corrected chi connectivity index (χ3v) is 4.91. The summed E-state index contributed by atoms with van der Waals surface area (Å²) in [4.78, 5) is 25.4. The van der Waals surface area contributed by atoms with Gasteiger partial charge >= 0.3 is 5.97 Å². The van der Waals surface area contributed by atoms with E-state index in [1.807, 2.05) is 18.2 Å². The Morgan fingerprint density at radius 1 is 1.21 bits per heavy atom. The summed E-state index contributed by atoms with van der Waals surface area (Å²) < 4.78 is 5.46. The molecule has 1 heterocycles. The van der Waals surface area contributed by atoms with E-state index in [1.165, 1.54) is 0 Å². The van der Waals surface area contributed by atoms with E-state index in [4.69, 9.17) is 4.74 Å². The largest absolute Gasteiger partial charge is 0.462 e. The Bertz CT molecular complexity index is 506. The Morgan fingerprint density at radius 3 is 2.74 bits per heavy atom. The zero-order valence-corrected chi connectivity index (χ0v) is 11.4. The van der Waals surface area contributed by atoms with Gasteiger partial charge in [-0.25, -0.2) is 0 Å². The summed E-state index contributed by atoms with van der Waals surface area (Å²) in [6.07, 6.45) is 4.15. The van der Waals surface area contributed by atoms with E-state index in [2.05, 4.69) is 0 Å². The second kappa shape index (κ2) is 5.37. The number of fused-ring (bicyclic) bond motifs is 1. The molecule has 3 nitrogen and oxygen atoms in total. The van der Waals surface area contributed by atoms with Crippen LogP contribution in [0.25, 0.3) is 0 Å². The molecule has 1 aromatic rings. The minimum absolute atomic E-state index is 0.0301. The van der Waals surface area contributed by atoms with E-state index < -0.39 is 5.92 Å². The maximum Gasteiger partial charge on any atom is 0.318 e. The molecule has 1 saturated carbocycles. The van der Waals surface area contributed by atoms with Crippen molar-refractivity contribution in [2.24, 2.45) is 5.92 Å². The second-order valence-corrected chi connectivity index (χ2v) is 6.13. The average Bonchev–Trinajstić information content (AvgIpc) is 2.92. The molecule has 1 fully saturated rings. The molecule has 1 aliphatic carbocycles. The highest BCUT2D eigenvalue weighted by Gasteiger charge is 2.35. The van der Waals surface area contributed by atoms with Crippen LogP contribution in [-0.4, -0.2) is 23.6 Å². The number of benzene rings is 1. The second-order valence-electron chi connectivity index (χ2n) is 5.07. The Labute approximate surface area is 116 Å². The zero-order chi connectivity index (χ0) is 13.2. The molecule has 0 saturated heterocycles. The van der Waals surface area contributed by atoms with Gasteiger partial charge in [0.25, 0.3) is 0 Å². The quantitative estimate of drug-likeness (QED) is 0.615. The highest BCUT2D eigenvalue weighted by Crippen LogP contribution is 2.34. The van der Waals surface area contributed by atoms with Crippen LogP contribution in [0.15, 0.2) is 29.2 Å². The van der Waals surface area contributed by atoms with Gasteiger partial charge in [-0.1, -0.05) is 18.2 Å². The summed E-state index contributed by atoms with van der Waals surface area (Å²) in [6, 6.07) is 7.47. The lowest BCUT2D eigenvalue weighted by Crippen LogP contribution is -2.33. The minimum atomic E-state index is -0.625. The van der Waals surface area contributed by atoms with Crippen LogP contribution in [0.2, 0.25) is 0 Å². The molecule has 0 aromatic heterocycles. The summed E-state index contributed by atoms with van der Waals surface area (Å²) in [5, 5.41) is 0. The van der Waals surface area contributed by atoms with Gasteiger partial charge in [0.15, 0.2) is 5.78 Å². The van der Waals surface area contributed by atoms with Crippen molar-refractivity contribution in [2.45, 2.75) is 36.7 Å². The first-order valence-corrected chi connectivity index (χ1v) is 7.71. The molecule has 0 amide bonds. The van der Waals surface area contributed by atoms with E-state index in [0.29, 0.717) is 11.3 Å². The lowest BCUT2D eigenvalue weighted by atomic mass is 9.98. The van der Waals surface area contributed by atoms with Crippen molar-refractivity contribution in [1.29, 1.82) is 0 Å². The molecule has 100 valence electrons. The monoisotopic (exact) mass is 276 g/mol. The van der Waals surface area contributed by atoms with Crippen molar-refractivity contribution in [1.82, 2.24) is 0 Å². The first kappa shape index (κ1) is 12.7. The Balaban J connectivity index is 1.72. The molecule has 3 rings (SSSR count). The molecule has 0 N–H and O–H groups in total. The van der Waals surface area contributed by atoms with Crippen LogP contribution in [0.4, 0.5) is 0 Å². The molecule has 4 heteroatoms. The number of ketones is 1. The van der Waals surface area contributed by atoms with Crippen LogP contribution in [0.1, 0.15) is 36.0 Å². The highest BCUT2D eigenvalue weighted by molar-refractivity contribution is 7.99. The van der Waals surface area contributed by atoms with Gasteiger partial charge in [-0.2, -0.15) is 0 Å². The first-order valence-electron chi connectivity index (χ1n) is 6.72. The Hall–Kier alpha value is -1.29. The summed E-state index contributed by atoms with van der Waals surface area (Å²) in [5.41, 5.74) is 0.659. The van der Waals surface area contributed by atoms with Gasteiger partial charge in [0.2, 0.25) is 0 Å². The van der Waals surface area contributed by atoms with Crippen molar-refractivity contribution in [3.8, 4) is 0 Å². The molecular formula is C15H16O3S. The van der Waals surface area contributed by atoms with E-state index in [9.17, 15) is 9.59 Å². The van der Waals surface area contributed by atoms with Gasteiger partial charge < -0.3 is 4.74 Å². The average molecular weight is 276 g/mol. The number of hydrogen-bond acceptors (Lipinski definition) is 4. The molecule has 2 aliphatic rings. The van der Waals surface area contributed by atoms with Gasteiger partial charge in [-0.05, 0) is 31.7 Å². The SMILES string of the molecule is O=C(OC1CCCC1)C1CSc2ccccc2C1=O. The number of thioether (sulfide) groups is 1. The normalized spacial score (nSPS) is 23.2. The number of esters is 1. The molecule has 0 spiro atoms. The lowest BCUT2D eigenvalue weighted by molar-refractivity contribution is -0.151. The number of rotatable bonds is 2. The van der Waals surface area contributed by atoms with Crippen molar-refractivity contribution < 1.29 is 14.3 Å². The van der Waals surface area contributed by atoms with Crippen LogP contribution in [-0.2, 0) is 9.53 Å². The highest BCUT2D eigenvalue weighted by atomic mass is 32.2. The van der Waals surface area contributed by atoms with E-state index in [-0.39, 0.29) is 17.9 Å². The van der Waals surface area contributed by atoms with Crippen LogP contribution < -0.4 is 0 Å². The fourth-order valence-corrected chi connectivity index (χ4v) is 3.79. The molecule has 1 unspecified atom stereocenters. The Kier molecular flexibility index (Phi) is 3.60. The summed E-state index contributed by atoms with van der Waals surface area (Å²) in [5.74, 6) is -0.543. The number of carbonyl (C=O) groups is 2. The van der Waals surface area contributed by atoms with Crippen LogP contribution in [0.3, 0.4) is 0 Å². The van der Waals surface area contributed by atoms with E-state index in [0.717, 1.165) is 30.6 Å². The third kappa shape index (κ3) is 2.54. The molecule has 1 aliphatic heterocycles. The van der Waals surface area contributed by atoms with Crippen molar-refractivity contribution >= 4 is 23.5 Å². The van der Waals surface area contributed by atoms with Crippen LogP contribution in [0, 0.1) is 5.92 Å². The molecular weight excluding hydrogens is 260 g/mol. The maximum absolute atomic E-state index is 12.3. The van der Waals surface area contributed by atoms with Gasteiger partial charge in [0.05, 0.1) is 0 Å². The number of Topliss-reactive ketones (excluding diaryl/α,β-unsaturated/α-hetero) is 1. The van der Waals surface area contributed by atoms with Gasteiger partial charge in [0, 0.05) is 16.2 Å². The van der Waals surface area contributed by atoms with Crippen molar-refractivity contribution in [3.63, 3.8) is 0 Å². The predicted octanol–water partition coefficient (Wildman–Crippen LogP) is 3.08. The molecule has 19 heavy (non-hydrogen) atoms. The van der Waals surface area contributed by atoms with Gasteiger partial charge in [0.1, 0.15) is 12.0 Å². The zero-order valence-electron chi connectivity index (χ0n) is 10.6.